The Morgan fingerprint density at radius 3 is 3.09 bits per heavy atom. The van der Waals surface area contributed by atoms with E-state index >= 15 is 0 Å². The van der Waals surface area contributed by atoms with E-state index in [1.165, 1.54) is 6.20 Å². The molecule has 2 aromatic rings. The lowest BCUT2D eigenvalue weighted by Crippen LogP contribution is -2.40. The normalized spacial score (nSPS) is 18.8. The largest absolute Gasteiger partial charge is 0.340 e. The molecule has 1 unspecified atom stereocenters. The lowest BCUT2D eigenvalue weighted by molar-refractivity contribution is -0.121. The first kappa shape index (κ1) is 15.9. The number of nitrogens with one attached hydrogen (secondary N) is 1. The number of aryl methyl sites for hydroxylation is 1. The van der Waals surface area contributed by atoms with Gasteiger partial charge in [-0.05, 0) is 31.5 Å². The Morgan fingerprint density at radius 1 is 1.52 bits per heavy atom. The Bertz CT molecular complexity index is 673. The number of amides is 1. The van der Waals surface area contributed by atoms with Gasteiger partial charge >= 0.3 is 0 Å². The number of carbonyl (C=O) groups excluding carboxylic acids is 1. The molecule has 23 heavy (non-hydrogen) atoms. The average molecular weight is 336 g/mol. The first-order valence-electron chi connectivity index (χ1n) is 7.54. The molecule has 0 bridgehead atoms. The van der Waals surface area contributed by atoms with Crippen molar-refractivity contribution in [3.8, 4) is 0 Å². The molecular formula is C15H18ClN5O2. The van der Waals surface area contributed by atoms with Crippen LogP contribution in [0.15, 0.2) is 22.9 Å². The minimum Gasteiger partial charge on any atom is -0.340 e. The quantitative estimate of drug-likeness (QED) is 0.922. The van der Waals surface area contributed by atoms with Gasteiger partial charge in [-0.2, -0.15) is 4.98 Å². The van der Waals surface area contributed by atoms with Crippen LogP contribution in [0.5, 0.6) is 0 Å². The zero-order valence-corrected chi connectivity index (χ0v) is 13.6. The van der Waals surface area contributed by atoms with Gasteiger partial charge in [-0.3, -0.25) is 9.69 Å². The molecule has 0 spiro atoms. The molecule has 1 saturated heterocycles. The van der Waals surface area contributed by atoms with Gasteiger partial charge in [-0.1, -0.05) is 16.8 Å². The third kappa shape index (κ3) is 4.27. The van der Waals surface area contributed by atoms with E-state index < -0.39 is 0 Å². The number of piperidine rings is 1. The number of likely N-dealkylation sites (tertiary alicyclic amines) is 1. The summed E-state index contributed by atoms with van der Waals surface area (Å²) in [5.74, 6) is 1.64. The maximum absolute atomic E-state index is 12.4. The average Bonchev–Trinajstić information content (AvgIpc) is 2.95. The second-order valence-corrected chi connectivity index (χ2v) is 6.09. The van der Waals surface area contributed by atoms with E-state index in [2.05, 4.69) is 25.3 Å². The molecule has 0 aliphatic carbocycles. The Kier molecular flexibility index (Phi) is 4.88. The fraction of sp³-hybridized carbons (Fsp3) is 0.467. The Labute approximate surface area is 139 Å². The molecule has 1 N–H and O–H groups in total. The standard InChI is InChI=1S/C15H18ClN5O2/c1-10-18-14(20-23-10)9-21-6-2-3-11(8-21)15(22)19-13-5-4-12(16)7-17-13/h4-5,7,11H,2-3,6,8-9H2,1H3,(H,17,19,22). The number of carbonyl (C=O) groups is 1. The Balaban J connectivity index is 1.56. The summed E-state index contributed by atoms with van der Waals surface area (Å²) >= 11 is 5.79. The van der Waals surface area contributed by atoms with Gasteiger partial charge < -0.3 is 9.84 Å². The minimum atomic E-state index is -0.0748. The highest BCUT2D eigenvalue weighted by Crippen LogP contribution is 2.20. The first-order chi connectivity index (χ1) is 11.1. The van der Waals surface area contributed by atoms with Gasteiger partial charge in [0.25, 0.3) is 0 Å². The van der Waals surface area contributed by atoms with Crippen molar-refractivity contribution in [2.45, 2.75) is 26.3 Å². The summed E-state index contributed by atoms with van der Waals surface area (Å²) in [6, 6.07) is 3.40. The SMILES string of the molecule is Cc1nc(CN2CCCC(C(=O)Nc3ccc(Cl)cn3)C2)no1. The van der Waals surface area contributed by atoms with Gasteiger partial charge in [-0.15, -0.1) is 0 Å². The van der Waals surface area contributed by atoms with Crippen molar-refractivity contribution in [3.05, 3.63) is 35.1 Å². The van der Waals surface area contributed by atoms with Crippen LogP contribution in [0.25, 0.3) is 0 Å². The van der Waals surface area contributed by atoms with Crippen molar-refractivity contribution in [2.75, 3.05) is 18.4 Å². The number of hydrogen-bond acceptors (Lipinski definition) is 6. The highest BCUT2D eigenvalue weighted by Gasteiger charge is 2.26. The molecule has 0 saturated carbocycles. The number of halogens is 1. The van der Waals surface area contributed by atoms with Crippen molar-refractivity contribution >= 4 is 23.3 Å². The summed E-state index contributed by atoms with van der Waals surface area (Å²) in [7, 11) is 0. The van der Waals surface area contributed by atoms with Crippen molar-refractivity contribution < 1.29 is 9.32 Å². The van der Waals surface area contributed by atoms with E-state index in [9.17, 15) is 4.79 Å². The molecule has 0 aromatic carbocycles. The van der Waals surface area contributed by atoms with Crippen molar-refractivity contribution in [1.82, 2.24) is 20.0 Å². The van der Waals surface area contributed by atoms with E-state index in [0.717, 1.165) is 19.4 Å². The number of rotatable bonds is 4. The maximum atomic E-state index is 12.4. The highest BCUT2D eigenvalue weighted by molar-refractivity contribution is 6.30. The molecular weight excluding hydrogens is 318 g/mol. The number of pyridine rings is 1. The summed E-state index contributed by atoms with van der Waals surface area (Å²) in [5.41, 5.74) is 0. The number of hydrogen-bond donors (Lipinski definition) is 1. The Morgan fingerprint density at radius 2 is 2.39 bits per heavy atom. The van der Waals surface area contributed by atoms with Crippen molar-refractivity contribution in [3.63, 3.8) is 0 Å². The van der Waals surface area contributed by atoms with Crippen LogP contribution in [0, 0.1) is 12.8 Å². The zero-order valence-electron chi connectivity index (χ0n) is 12.8. The first-order valence-corrected chi connectivity index (χ1v) is 7.92. The smallest absolute Gasteiger partial charge is 0.229 e. The van der Waals surface area contributed by atoms with E-state index in [4.69, 9.17) is 16.1 Å². The summed E-state index contributed by atoms with van der Waals surface area (Å²) in [5, 5.41) is 7.29. The molecule has 7 nitrogen and oxygen atoms in total. The predicted octanol–water partition coefficient (Wildman–Crippen LogP) is 2.28. The van der Waals surface area contributed by atoms with Gasteiger partial charge in [-0.25, -0.2) is 4.98 Å². The van der Waals surface area contributed by atoms with Crippen LogP contribution >= 0.6 is 11.6 Å². The van der Waals surface area contributed by atoms with Gasteiger partial charge in [0, 0.05) is 19.7 Å². The molecule has 2 aromatic heterocycles. The molecule has 3 rings (SSSR count). The van der Waals surface area contributed by atoms with Gasteiger partial charge in [0.05, 0.1) is 17.5 Å². The summed E-state index contributed by atoms with van der Waals surface area (Å²) in [4.78, 5) is 22.9. The van der Waals surface area contributed by atoms with E-state index in [0.29, 0.717) is 35.6 Å². The van der Waals surface area contributed by atoms with Crippen LogP contribution in [0.1, 0.15) is 24.6 Å². The van der Waals surface area contributed by atoms with Crippen LogP contribution in [-0.2, 0) is 11.3 Å². The number of nitrogens with zero attached hydrogens (tertiary/aromatic N) is 4. The molecule has 1 amide bonds. The topological polar surface area (TPSA) is 84.2 Å². The summed E-state index contributed by atoms with van der Waals surface area (Å²) < 4.78 is 4.98. The van der Waals surface area contributed by atoms with Crippen molar-refractivity contribution in [2.24, 2.45) is 5.92 Å². The lowest BCUT2D eigenvalue weighted by atomic mass is 9.97. The summed E-state index contributed by atoms with van der Waals surface area (Å²) in [6.07, 6.45) is 3.34. The molecule has 0 radical (unpaired) electrons. The molecule has 3 heterocycles. The van der Waals surface area contributed by atoms with Crippen LogP contribution < -0.4 is 5.32 Å². The van der Waals surface area contributed by atoms with Crippen LogP contribution in [0.2, 0.25) is 5.02 Å². The molecule has 1 atom stereocenters. The fourth-order valence-corrected chi connectivity index (χ4v) is 2.81. The Hall–Kier alpha value is -1.99. The molecule has 1 aliphatic heterocycles. The van der Waals surface area contributed by atoms with E-state index in [-0.39, 0.29) is 11.8 Å². The second-order valence-electron chi connectivity index (χ2n) is 5.65. The molecule has 8 heteroatoms. The molecule has 1 aliphatic rings. The summed E-state index contributed by atoms with van der Waals surface area (Å²) in [6.45, 7) is 3.96. The van der Waals surface area contributed by atoms with Crippen LogP contribution in [0.3, 0.4) is 0 Å². The molecule has 122 valence electrons. The van der Waals surface area contributed by atoms with E-state index in [1.807, 2.05) is 0 Å². The highest BCUT2D eigenvalue weighted by atomic mass is 35.5. The third-order valence-corrected chi connectivity index (χ3v) is 4.01. The third-order valence-electron chi connectivity index (χ3n) is 3.79. The zero-order chi connectivity index (χ0) is 16.2. The van der Waals surface area contributed by atoms with E-state index in [1.54, 1.807) is 19.1 Å². The van der Waals surface area contributed by atoms with Crippen LogP contribution in [0.4, 0.5) is 5.82 Å². The second kappa shape index (κ2) is 7.06. The maximum Gasteiger partial charge on any atom is 0.229 e. The van der Waals surface area contributed by atoms with Gasteiger partial charge in [0.15, 0.2) is 5.82 Å². The predicted molar refractivity (Wildman–Crippen MR) is 84.9 cm³/mol. The number of anilines is 1. The minimum absolute atomic E-state index is 0.0196. The monoisotopic (exact) mass is 335 g/mol. The fourth-order valence-electron chi connectivity index (χ4n) is 2.70. The molecule has 1 fully saturated rings. The van der Waals surface area contributed by atoms with Gasteiger partial charge in [0.1, 0.15) is 5.82 Å². The van der Waals surface area contributed by atoms with Gasteiger partial charge in [0.2, 0.25) is 11.8 Å². The van der Waals surface area contributed by atoms with Crippen LogP contribution in [-0.4, -0.2) is 39.0 Å². The lowest BCUT2D eigenvalue weighted by Gasteiger charge is -2.30. The van der Waals surface area contributed by atoms with Crippen molar-refractivity contribution in [1.29, 1.82) is 0 Å². The number of aromatic nitrogens is 3.